The smallest absolute Gasteiger partial charge is 0.311 e. The van der Waals surface area contributed by atoms with Crippen molar-refractivity contribution < 1.29 is 22.7 Å². The van der Waals surface area contributed by atoms with Gasteiger partial charge in [-0.3, -0.25) is 4.79 Å². The fourth-order valence-corrected chi connectivity index (χ4v) is 6.28. The number of hydrogen-bond acceptors (Lipinski definition) is 2. The number of esters is 1. The summed E-state index contributed by atoms with van der Waals surface area (Å²) in [7, 11) is 0. The highest BCUT2D eigenvalue weighted by atomic mass is 19.2. The SMILES string of the molecule is CCCCCCCC[C@H]1CC[C@H]([C@H]2CCCC(CCC(=O)Oc3cc(F)c(F)c(F)c3)C2)CC1. The number of benzene rings is 1. The van der Waals surface area contributed by atoms with Gasteiger partial charge in [-0.2, -0.15) is 0 Å². The molecule has 2 fully saturated rings. The molecule has 0 N–H and O–H groups in total. The number of halogens is 3. The molecule has 1 unspecified atom stereocenters. The second-order valence-electron chi connectivity index (χ2n) is 10.8. The van der Waals surface area contributed by atoms with Gasteiger partial charge < -0.3 is 4.74 Å². The van der Waals surface area contributed by atoms with E-state index in [1.165, 1.54) is 89.9 Å². The van der Waals surface area contributed by atoms with E-state index in [9.17, 15) is 18.0 Å². The Morgan fingerprint density at radius 1 is 0.824 bits per heavy atom. The molecule has 0 aromatic heterocycles. The highest BCUT2D eigenvalue weighted by molar-refractivity contribution is 5.72. The van der Waals surface area contributed by atoms with Crippen LogP contribution in [0.4, 0.5) is 13.2 Å². The summed E-state index contributed by atoms with van der Waals surface area (Å²) in [5, 5.41) is 0. The van der Waals surface area contributed by atoms with Gasteiger partial charge in [0.25, 0.3) is 0 Å². The van der Waals surface area contributed by atoms with Gasteiger partial charge in [-0.05, 0) is 49.4 Å². The molecule has 0 aliphatic heterocycles. The molecule has 1 aromatic carbocycles. The van der Waals surface area contributed by atoms with Gasteiger partial charge in [0.05, 0.1) is 0 Å². The van der Waals surface area contributed by atoms with Gasteiger partial charge in [-0.1, -0.05) is 84.0 Å². The van der Waals surface area contributed by atoms with Crippen molar-refractivity contribution in [2.24, 2.45) is 23.7 Å². The van der Waals surface area contributed by atoms with Crippen LogP contribution in [0.3, 0.4) is 0 Å². The van der Waals surface area contributed by atoms with Gasteiger partial charge in [0, 0.05) is 18.6 Å². The topological polar surface area (TPSA) is 26.3 Å². The zero-order valence-electron chi connectivity index (χ0n) is 20.9. The summed E-state index contributed by atoms with van der Waals surface area (Å²) in [4.78, 5) is 12.2. The molecule has 34 heavy (non-hydrogen) atoms. The maximum Gasteiger partial charge on any atom is 0.311 e. The van der Waals surface area contributed by atoms with Crippen molar-refractivity contribution in [2.45, 2.75) is 116 Å². The summed E-state index contributed by atoms with van der Waals surface area (Å²) in [6.45, 7) is 2.27. The van der Waals surface area contributed by atoms with E-state index in [0.717, 1.165) is 42.7 Å². The van der Waals surface area contributed by atoms with E-state index in [1.54, 1.807) is 0 Å². The van der Waals surface area contributed by atoms with Crippen LogP contribution in [0.1, 0.15) is 116 Å². The second-order valence-corrected chi connectivity index (χ2v) is 10.8. The Kier molecular flexibility index (Phi) is 11.3. The molecule has 0 amide bonds. The third-order valence-electron chi connectivity index (χ3n) is 8.29. The summed E-state index contributed by atoms with van der Waals surface area (Å²) >= 11 is 0. The van der Waals surface area contributed by atoms with Crippen LogP contribution in [-0.2, 0) is 4.79 Å². The lowest BCUT2D eigenvalue weighted by Crippen LogP contribution is -2.27. The number of carbonyl (C=O) groups excluding carboxylic acids is 1. The van der Waals surface area contributed by atoms with Crippen LogP contribution in [0.5, 0.6) is 5.75 Å². The minimum absolute atomic E-state index is 0.225. The molecule has 2 saturated carbocycles. The average Bonchev–Trinajstić information content (AvgIpc) is 2.84. The van der Waals surface area contributed by atoms with Gasteiger partial charge in [-0.25, -0.2) is 13.2 Å². The Morgan fingerprint density at radius 2 is 1.50 bits per heavy atom. The molecular weight excluding hydrogens is 437 g/mol. The van der Waals surface area contributed by atoms with Crippen molar-refractivity contribution >= 4 is 5.97 Å². The third-order valence-corrected chi connectivity index (χ3v) is 8.29. The van der Waals surface area contributed by atoms with Crippen molar-refractivity contribution in [1.29, 1.82) is 0 Å². The lowest BCUT2D eigenvalue weighted by molar-refractivity contribution is -0.134. The first-order valence-corrected chi connectivity index (χ1v) is 13.8. The highest BCUT2D eigenvalue weighted by Crippen LogP contribution is 2.43. The molecule has 0 radical (unpaired) electrons. The van der Waals surface area contributed by atoms with Gasteiger partial charge in [-0.15, -0.1) is 0 Å². The number of carbonyl (C=O) groups is 1. The molecule has 3 rings (SSSR count). The van der Waals surface area contributed by atoms with Crippen LogP contribution in [0.2, 0.25) is 0 Å². The molecule has 2 atom stereocenters. The van der Waals surface area contributed by atoms with Crippen molar-refractivity contribution in [1.82, 2.24) is 0 Å². The standard InChI is InChI=1S/C29H43F3O2/c1-2-3-4-5-6-7-9-21-12-15-23(16-13-21)24-11-8-10-22(18-24)14-17-28(33)34-25-19-26(30)29(32)27(31)20-25/h19-24H,2-18H2,1H3/t21-,22?,23-,24-/m0/s1. The Balaban J connectivity index is 1.33. The Bertz CT molecular complexity index is 735. The summed E-state index contributed by atoms with van der Waals surface area (Å²) in [5.41, 5.74) is 0. The molecule has 5 heteroatoms. The highest BCUT2D eigenvalue weighted by Gasteiger charge is 2.31. The molecule has 192 valence electrons. The van der Waals surface area contributed by atoms with Crippen LogP contribution >= 0.6 is 0 Å². The molecule has 2 nitrogen and oxygen atoms in total. The normalized spacial score (nSPS) is 25.3. The molecule has 0 heterocycles. The largest absolute Gasteiger partial charge is 0.426 e. The molecule has 2 aliphatic rings. The number of rotatable bonds is 12. The van der Waals surface area contributed by atoms with Crippen LogP contribution < -0.4 is 4.74 Å². The average molecular weight is 481 g/mol. The maximum atomic E-state index is 13.3. The van der Waals surface area contributed by atoms with Crippen molar-refractivity contribution in [3.05, 3.63) is 29.6 Å². The Labute approximate surface area is 204 Å². The minimum Gasteiger partial charge on any atom is -0.426 e. The van der Waals surface area contributed by atoms with Gasteiger partial charge in [0.2, 0.25) is 0 Å². The van der Waals surface area contributed by atoms with Crippen LogP contribution in [0, 0.1) is 41.1 Å². The van der Waals surface area contributed by atoms with E-state index in [1.807, 2.05) is 0 Å². The first-order chi connectivity index (χ1) is 16.5. The Hall–Kier alpha value is -1.52. The molecule has 0 bridgehead atoms. The third kappa shape index (κ3) is 8.61. The lowest BCUT2D eigenvalue weighted by Gasteiger charge is -2.38. The minimum atomic E-state index is -1.55. The second kappa shape index (κ2) is 14.1. The van der Waals surface area contributed by atoms with Crippen LogP contribution in [-0.4, -0.2) is 5.97 Å². The first-order valence-electron chi connectivity index (χ1n) is 13.8. The van der Waals surface area contributed by atoms with Gasteiger partial charge in [0.15, 0.2) is 17.5 Å². The lowest BCUT2D eigenvalue weighted by atomic mass is 9.67. The van der Waals surface area contributed by atoms with Crippen molar-refractivity contribution in [3.8, 4) is 5.75 Å². The fourth-order valence-electron chi connectivity index (χ4n) is 6.28. The predicted molar refractivity (Wildman–Crippen MR) is 130 cm³/mol. The van der Waals surface area contributed by atoms with E-state index in [2.05, 4.69) is 6.92 Å². The maximum absolute atomic E-state index is 13.3. The van der Waals surface area contributed by atoms with E-state index in [-0.39, 0.29) is 12.2 Å². The molecular formula is C29H43F3O2. The van der Waals surface area contributed by atoms with E-state index in [0.29, 0.717) is 5.92 Å². The van der Waals surface area contributed by atoms with Gasteiger partial charge >= 0.3 is 5.97 Å². The summed E-state index contributed by atoms with van der Waals surface area (Å²) in [6, 6.07) is 1.44. The van der Waals surface area contributed by atoms with E-state index >= 15 is 0 Å². The molecule has 0 spiro atoms. The molecule has 2 aliphatic carbocycles. The monoisotopic (exact) mass is 480 g/mol. The number of hydrogen-bond donors (Lipinski definition) is 0. The summed E-state index contributed by atoms with van der Waals surface area (Å²) < 4.78 is 44.8. The predicted octanol–water partition coefficient (Wildman–Crippen LogP) is 9.15. The van der Waals surface area contributed by atoms with Gasteiger partial charge in [0.1, 0.15) is 5.75 Å². The van der Waals surface area contributed by atoms with E-state index < -0.39 is 23.4 Å². The summed E-state index contributed by atoms with van der Waals surface area (Å²) in [5.74, 6) is -2.00. The summed E-state index contributed by atoms with van der Waals surface area (Å²) in [6.07, 6.45) is 21.0. The van der Waals surface area contributed by atoms with Crippen LogP contribution in [0.15, 0.2) is 12.1 Å². The van der Waals surface area contributed by atoms with Crippen LogP contribution in [0.25, 0.3) is 0 Å². The van der Waals surface area contributed by atoms with Crippen molar-refractivity contribution in [2.75, 3.05) is 0 Å². The quantitative estimate of drug-likeness (QED) is 0.129. The number of unbranched alkanes of at least 4 members (excludes halogenated alkanes) is 5. The van der Waals surface area contributed by atoms with E-state index in [4.69, 9.17) is 4.74 Å². The zero-order valence-corrected chi connectivity index (χ0v) is 20.9. The molecule has 0 saturated heterocycles. The first kappa shape index (κ1) is 27.1. The number of ether oxygens (including phenoxy) is 1. The van der Waals surface area contributed by atoms with Crippen molar-refractivity contribution in [3.63, 3.8) is 0 Å². The fraction of sp³-hybridized carbons (Fsp3) is 0.759. The molecule has 1 aromatic rings. The zero-order chi connectivity index (χ0) is 24.3. The Morgan fingerprint density at radius 3 is 2.21 bits per heavy atom.